The summed E-state index contributed by atoms with van der Waals surface area (Å²) in [6.07, 6.45) is 0. The molecule has 0 saturated heterocycles. The van der Waals surface area contributed by atoms with Crippen molar-refractivity contribution in [3.63, 3.8) is 0 Å². The van der Waals surface area contributed by atoms with Crippen LogP contribution in [0.3, 0.4) is 0 Å². The van der Waals surface area contributed by atoms with Crippen molar-refractivity contribution in [1.82, 2.24) is 20.3 Å². The summed E-state index contributed by atoms with van der Waals surface area (Å²) in [4.78, 5) is 14.1. The summed E-state index contributed by atoms with van der Waals surface area (Å²) in [5, 5.41) is 10.5. The van der Waals surface area contributed by atoms with E-state index in [2.05, 4.69) is 15.4 Å². The van der Waals surface area contributed by atoms with E-state index in [0.29, 0.717) is 24.2 Å². The van der Waals surface area contributed by atoms with Gasteiger partial charge in [0.1, 0.15) is 23.4 Å². The van der Waals surface area contributed by atoms with Gasteiger partial charge in [0.05, 0.1) is 6.54 Å². The van der Waals surface area contributed by atoms with Crippen LogP contribution in [-0.2, 0) is 0 Å². The first-order valence-electron chi connectivity index (χ1n) is 7.39. The topological polar surface area (TPSA) is 71.1 Å². The number of fused-ring (bicyclic) bond motifs is 1. The van der Waals surface area contributed by atoms with Gasteiger partial charge in [-0.3, -0.25) is 4.79 Å². The molecule has 3 aromatic rings. The Balaban J connectivity index is 1.60. The Morgan fingerprint density at radius 2 is 1.96 bits per heavy atom. The van der Waals surface area contributed by atoms with Crippen LogP contribution in [0.15, 0.2) is 42.5 Å². The first-order valence-corrected chi connectivity index (χ1v) is 7.39. The summed E-state index contributed by atoms with van der Waals surface area (Å²) in [6, 6.07) is 13.1. The molecule has 2 aromatic carbocycles. The van der Waals surface area contributed by atoms with E-state index in [1.165, 1.54) is 0 Å². The summed E-state index contributed by atoms with van der Waals surface area (Å²) in [6.45, 7) is 2.95. The molecule has 0 aliphatic rings. The van der Waals surface area contributed by atoms with Crippen LogP contribution in [0.25, 0.3) is 11.0 Å². The van der Waals surface area contributed by atoms with Crippen molar-refractivity contribution in [2.45, 2.75) is 6.92 Å². The highest BCUT2D eigenvalue weighted by molar-refractivity contribution is 5.97. The number of aromatic amines is 1. The number of nitrogens with zero attached hydrogens (tertiary/aromatic N) is 3. The molecule has 1 amide bonds. The Labute approximate surface area is 134 Å². The number of likely N-dealkylation sites (N-methyl/N-ethyl adjacent to an activating group) is 1. The third-order valence-electron chi connectivity index (χ3n) is 3.69. The third-order valence-corrected chi connectivity index (χ3v) is 3.69. The average molecular weight is 310 g/mol. The second kappa shape index (κ2) is 6.48. The summed E-state index contributed by atoms with van der Waals surface area (Å²) >= 11 is 0. The molecule has 0 aliphatic heterocycles. The Bertz CT molecular complexity index is 828. The van der Waals surface area contributed by atoms with Gasteiger partial charge in [-0.2, -0.15) is 15.4 Å². The Kier molecular flexibility index (Phi) is 4.23. The molecule has 0 bridgehead atoms. The van der Waals surface area contributed by atoms with Gasteiger partial charge in [0.25, 0.3) is 5.91 Å². The lowest BCUT2D eigenvalue weighted by atomic mass is 10.2. The van der Waals surface area contributed by atoms with Crippen molar-refractivity contribution in [3.05, 3.63) is 53.6 Å². The van der Waals surface area contributed by atoms with Gasteiger partial charge in [-0.15, -0.1) is 0 Å². The van der Waals surface area contributed by atoms with Crippen LogP contribution in [0, 0.1) is 6.92 Å². The lowest BCUT2D eigenvalue weighted by Gasteiger charge is -2.18. The minimum absolute atomic E-state index is 0.0664. The highest BCUT2D eigenvalue weighted by Gasteiger charge is 2.13. The molecule has 0 unspecified atom stereocenters. The van der Waals surface area contributed by atoms with E-state index in [-0.39, 0.29) is 5.91 Å². The number of ether oxygens (including phenoxy) is 1. The van der Waals surface area contributed by atoms with Crippen molar-refractivity contribution in [2.75, 3.05) is 20.2 Å². The molecule has 0 atom stereocenters. The third kappa shape index (κ3) is 3.31. The van der Waals surface area contributed by atoms with Crippen LogP contribution in [0.1, 0.15) is 15.9 Å². The van der Waals surface area contributed by atoms with E-state index in [1.54, 1.807) is 30.1 Å². The van der Waals surface area contributed by atoms with E-state index in [1.807, 2.05) is 31.2 Å². The van der Waals surface area contributed by atoms with Crippen LogP contribution in [-0.4, -0.2) is 46.4 Å². The normalized spacial score (nSPS) is 10.7. The number of para-hydroxylation sites is 1. The van der Waals surface area contributed by atoms with Crippen molar-refractivity contribution >= 4 is 16.9 Å². The fraction of sp³-hybridized carbons (Fsp3) is 0.235. The second-order valence-electron chi connectivity index (χ2n) is 5.37. The number of carbonyl (C=O) groups is 1. The number of rotatable bonds is 5. The first kappa shape index (κ1) is 15.0. The van der Waals surface area contributed by atoms with Gasteiger partial charge in [0.15, 0.2) is 0 Å². The molecular formula is C17H18N4O2. The summed E-state index contributed by atoms with van der Waals surface area (Å²) in [7, 11) is 1.76. The van der Waals surface area contributed by atoms with Gasteiger partial charge in [0, 0.05) is 12.6 Å². The van der Waals surface area contributed by atoms with Crippen LogP contribution < -0.4 is 4.74 Å². The van der Waals surface area contributed by atoms with Gasteiger partial charge in [-0.25, -0.2) is 0 Å². The number of hydrogen-bond acceptors (Lipinski definition) is 4. The second-order valence-corrected chi connectivity index (χ2v) is 5.37. The molecule has 0 aliphatic carbocycles. The van der Waals surface area contributed by atoms with E-state index in [4.69, 9.17) is 4.74 Å². The summed E-state index contributed by atoms with van der Waals surface area (Å²) in [5.41, 5.74) is 3.09. The standard InChI is InChI=1S/C17H18N4O2/c1-12-5-3-4-6-16(12)23-10-9-21(2)17(22)13-7-8-14-15(11-13)19-20-18-14/h3-8,11H,9-10H2,1-2H3,(H,18,19,20). The Hall–Kier alpha value is -2.89. The highest BCUT2D eigenvalue weighted by Crippen LogP contribution is 2.16. The van der Waals surface area contributed by atoms with Crippen LogP contribution in [0.5, 0.6) is 5.75 Å². The minimum Gasteiger partial charge on any atom is -0.491 e. The van der Waals surface area contributed by atoms with E-state index in [0.717, 1.165) is 16.8 Å². The zero-order valence-electron chi connectivity index (χ0n) is 13.1. The predicted octanol–water partition coefficient (Wildman–Crippen LogP) is 2.42. The molecule has 6 nitrogen and oxygen atoms in total. The fourth-order valence-corrected chi connectivity index (χ4v) is 2.31. The zero-order chi connectivity index (χ0) is 16.2. The van der Waals surface area contributed by atoms with Crippen LogP contribution in [0.4, 0.5) is 0 Å². The number of amides is 1. The molecule has 0 fully saturated rings. The maximum absolute atomic E-state index is 12.4. The molecule has 0 spiro atoms. The fourth-order valence-electron chi connectivity index (χ4n) is 2.31. The zero-order valence-corrected chi connectivity index (χ0v) is 13.1. The average Bonchev–Trinajstić information content (AvgIpc) is 3.03. The number of carbonyl (C=O) groups excluding carboxylic acids is 1. The SMILES string of the molecule is Cc1ccccc1OCCN(C)C(=O)c1ccc2n[nH]nc2c1. The van der Waals surface area contributed by atoms with Gasteiger partial charge >= 0.3 is 0 Å². The molecule has 0 saturated carbocycles. The lowest BCUT2D eigenvalue weighted by Crippen LogP contribution is -2.30. The summed E-state index contributed by atoms with van der Waals surface area (Å²) < 4.78 is 5.73. The molecule has 3 rings (SSSR count). The Morgan fingerprint density at radius 1 is 1.17 bits per heavy atom. The number of benzene rings is 2. The van der Waals surface area contributed by atoms with Gasteiger partial charge in [0.2, 0.25) is 0 Å². The molecular weight excluding hydrogens is 292 g/mol. The number of aromatic nitrogens is 3. The molecule has 1 heterocycles. The molecule has 0 radical (unpaired) electrons. The number of aryl methyl sites for hydroxylation is 1. The van der Waals surface area contributed by atoms with E-state index >= 15 is 0 Å². The maximum atomic E-state index is 12.4. The first-order chi connectivity index (χ1) is 11.1. The quantitative estimate of drug-likeness (QED) is 0.785. The summed E-state index contributed by atoms with van der Waals surface area (Å²) in [5.74, 6) is 0.778. The van der Waals surface area contributed by atoms with Crippen LogP contribution in [0.2, 0.25) is 0 Å². The van der Waals surface area contributed by atoms with Crippen molar-refractivity contribution in [1.29, 1.82) is 0 Å². The van der Waals surface area contributed by atoms with Crippen LogP contribution >= 0.6 is 0 Å². The maximum Gasteiger partial charge on any atom is 0.253 e. The van der Waals surface area contributed by atoms with E-state index in [9.17, 15) is 4.79 Å². The molecule has 6 heteroatoms. The largest absolute Gasteiger partial charge is 0.491 e. The molecule has 23 heavy (non-hydrogen) atoms. The molecule has 1 aromatic heterocycles. The minimum atomic E-state index is -0.0664. The number of hydrogen-bond donors (Lipinski definition) is 1. The predicted molar refractivity (Wildman–Crippen MR) is 87.5 cm³/mol. The van der Waals surface area contributed by atoms with Gasteiger partial charge in [-0.1, -0.05) is 18.2 Å². The van der Waals surface area contributed by atoms with Crippen molar-refractivity contribution in [2.24, 2.45) is 0 Å². The van der Waals surface area contributed by atoms with Crippen molar-refractivity contribution in [3.8, 4) is 5.75 Å². The number of nitrogens with one attached hydrogen (secondary N) is 1. The number of H-pyrrole nitrogens is 1. The molecule has 118 valence electrons. The van der Waals surface area contributed by atoms with Gasteiger partial charge in [-0.05, 0) is 36.8 Å². The van der Waals surface area contributed by atoms with Crippen molar-refractivity contribution < 1.29 is 9.53 Å². The van der Waals surface area contributed by atoms with Gasteiger partial charge < -0.3 is 9.64 Å². The Morgan fingerprint density at radius 3 is 2.78 bits per heavy atom. The lowest BCUT2D eigenvalue weighted by molar-refractivity contribution is 0.0774. The monoisotopic (exact) mass is 310 g/mol. The molecule has 1 N–H and O–H groups in total. The smallest absolute Gasteiger partial charge is 0.253 e. The highest BCUT2D eigenvalue weighted by atomic mass is 16.5. The van der Waals surface area contributed by atoms with E-state index < -0.39 is 0 Å².